The summed E-state index contributed by atoms with van der Waals surface area (Å²) in [6.07, 6.45) is 0.643. The van der Waals surface area contributed by atoms with Gasteiger partial charge in [0.05, 0.1) is 4.99 Å². The summed E-state index contributed by atoms with van der Waals surface area (Å²) in [7, 11) is -3.45. The minimum atomic E-state index is -3.45. The maximum atomic E-state index is 11.7. The van der Waals surface area contributed by atoms with E-state index < -0.39 is 15.3 Å². The average Bonchev–Trinajstić information content (AvgIpc) is 2.29. The van der Waals surface area contributed by atoms with Crippen molar-refractivity contribution in [2.45, 2.75) is 18.6 Å². The van der Waals surface area contributed by atoms with E-state index in [4.69, 9.17) is 5.73 Å². The van der Waals surface area contributed by atoms with Gasteiger partial charge in [0.15, 0.2) is 0 Å². The molecule has 94 valence electrons. The second-order valence-corrected chi connectivity index (χ2v) is 6.28. The number of sulfonamides is 1. The van der Waals surface area contributed by atoms with Gasteiger partial charge >= 0.3 is 0 Å². The third kappa shape index (κ3) is 4.41. The Labute approximate surface area is 107 Å². The fourth-order valence-corrected chi connectivity index (χ4v) is 2.58. The number of nitrogens with two attached hydrogens (primary N) is 1. The van der Waals surface area contributed by atoms with Crippen molar-refractivity contribution in [2.24, 2.45) is 5.73 Å². The van der Waals surface area contributed by atoms with Crippen molar-refractivity contribution in [3.63, 3.8) is 0 Å². The minimum Gasteiger partial charge on any atom is -0.392 e. The molecule has 0 aliphatic rings. The summed E-state index contributed by atoms with van der Waals surface area (Å²) >= 11 is 4.67. The van der Waals surface area contributed by atoms with Crippen LogP contribution in [0, 0.1) is 0 Å². The molecule has 17 heavy (non-hydrogen) atoms. The monoisotopic (exact) mass is 272 g/mol. The van der Waals surface area contributed by atoms with Gasteiger partial charge in [-0.2, -0.15) is 0 Å². The van der Waals surface area contributed by atoms with Crippen molar-refractivity contribution in [3.05, 3.63) is 35.9 Å². The van der Waals surface area contributed by atoms with Crippen LogP contribution in [0.1, 0.15) is 12.5 Å². The molecule has 0 radical (unpaired) electrons. The first kappa shape index (κ1) is 14.1. The predicted octanol–water partition coefficient (Wildman–Crippen LogP) is 0.823. The zero-order valence-corrected chi connectivity index (χ0v) is 11.2. The third-order valence-electron chi connectivity index (χ3n) is 2.43. The molecule has 0 aliphatic heterocycles. The van der Waals surface area contributed by atoms with Crippen LogP contribution in [0.15, 0.2) is 30.3 Å². The largest absolute Gasteiger partial charge is 0.392 e. The SMILES string of the molecule is CC(C(N)=S)S(=O)(=O)NCCc1ccccc1. The number of thiocarbonyl (C=S) groups is 1. The highest BCUT2D eigenvalue weighted by Gasteiger charge is 2.22. The molecule has 1 aromatic rings. The Hall–Kier alpha value is -0.980. The Morgan fingerprint density at radius 1 is 1.41 bits per heavy atom. The summed E-state index contributed by atoms with van der Waals surface area (Å²) in [5.74, 6) is 0. The van der Waals surface area contributed by atoms with E-state index in [1.54, 1.807) is 0 Å². The first-order valence-electron chi connectivity index (χ1n) is 5.25. The van der Waals surface area contributed by atoms with Crippen LogP contribution in [-0.4, -0.2) is 25.2 Å². The zero-order chi connectivity index (χ0) is 12.9. The van der Waals surface area contributed by atoms with Gasteiger partial charge in [-0.1, -0.05) is 42.5 Å². The molecule has 0 spiro atoms. The van der Waals surface area contributed by atoms with Crippen LogP contribution in [0.4, 0.5) is 0 Å². The fourth-order valence-electron chi connectivity index (χ4n) is 1.26. The minimum absolute atomic E-state index is 0.0165. The zero-order valence-electron chi connectivity index (χ0n) is 9.59. The van der Waals surface area contributed by atoms with Crippen LogP contribution in [-0.2, 0) is 16.4 Å². The van der Waals surface area contributed by atoms with Crippen molar-refractivity contribution >= 4 is 27.2 Å². The highest BCUT2D eigenvalue weighted by molar-refractivity contribution is 7.93. The van der Waals surface area contributed by atoms with E-state index in [2.05, 4.69) is 16.9 Å². The summed E-state index contributed by atoms with van der Waals surface area (Å²) in [6, 6.07) is 9.65. The van der Waals surface area contributed by atoms with E-state index in [0.717, 1.165) is 5.56 Å². The lowest BCUT2D eigenvalue weighted by molar-refractivity contribution is 0.578. The average molecular weight is 272 g/mol. The van der Waals surface area contributed by atoms with Crippen LogP contribution in [0.5, 0.6) is 0 Å². The van der Waals surface area contributed by atoms with Gasteiger partial charge in [-0.15, -0.1) is 0 Å². The van der Waals surface area contributed by atoms with Gasteiger partial charge in [0.25, 0.3) is 0 Å². The Morgan fingerprint density at radius 2 is 2.00 bits per heavy atom. The topological polar surface area (TPSA) is 72.2 Å². The lowest BCUT2D eigenvalue weighted by Crippen LogP contribution is -2.40. The van der Waals surface area contributed by atoms with Crippen molar-refractivity contribution < 1.29 is 8.42 Å². The molecular formula is C11H16N2O2S2. The van der Waals surface area contributed by atoms with E-state index in [-0.39, 0.29) is 4.99 Å². The summed E-state index contributed by atoms with van der Waals surface area (Å²) in [6.45, 7) is 1.83. The molecule has 1 atom stereocenters. The molecule has 6 heteroatoms. The first-order chi connectivity index (χ1) is 7.93. The molecule has 0 fully saturated rings. The Bertz CT molecular complexity index is 472. The second-order valence-electron chi connectivity index (χ2n) is 3.72. The summed E-state index contributed by atoms with van der Waals surface area (Å²) in [5, 5.41) is -0.840. The Kier molecular flexibility index (Phi) is 5.04. The lowest BCUT2D eigenvalue weighted by atomic mass is 10.2. The van der Waals surface area contributed by atoms with Crippen LogP contribution in [0.3, 0.4) is 0 Å². The molecule has 0 aromatic heterocycles. The van der Waals surface area contributed by atoms with Gasteiger partial charge < -0.3 is 5.73 Å². The van der Waals surface area contributed by atoms with Gasteiger partial charge in [-0.3, -0.25) is 0 Å². The molecule has 1 aromatic carbocycles. The van der Waals surface area contributed by atoms with Gasteiger partial charge in [0, 0.05) is 6.54 Å². The number of benzene rings is 1. The van der Waals surface area contributed by atoms with E-state index in [9.17, 15) is 8.42 Å². The van der Waals surface area contributed by atoms with Gasteiger partial charge in [0.1, 0.15) is 5.25 Å². The molecule has 0 heterocycles. The molecule has 0 saturated carbocycles. The van der Waals surface area contributed by atoms with Crippen LogP contribution < -0.4 is 10.5 Å². The van der Waals surface area contributed by atoms with Gasteiger partial charge in [0.2, 0.25) is 10.0 Å². The highest BCUT2D eigenvalue weighted by atomic mass is 32.2. The quantitative estimate of drug-likeness (QED) is 0.752. The molecular weight excluding hydrogens is 256 g/mol. The summed E-state index contributed by atoms with van der Waals surface area (Å²) < 4.78 is 25.9. The van der Waals surface area contributed by atoms with E-state index in [1.165, 1.54) is 6.92 Å². The molecule has 4 nitrogen and oxygen atoms in total. The van der Waals surface area contributed by atoms with E-state index in [0.29, 0.717) is 13.0 Å². The Balaban J connectivity index is 2.49. The Morgan fingerprint density at radius 3 is 2.53 bits per heavy atom. The molecule has 1 rings (SSSR count). The third-order valence-corrected chi connectivity index (χ3v) is 4.72. The van der Waals surface area contributed by atoms with Crippen molar-refractivity contribution in [2.75, 3.05) is 6.54 Å². The second kappa shape index (κ2) is 6.09. The number of nitrogens with one attached hydrogen (secondary N) is 1. The normalized spacial score (nSPS) is 13.2. The standard InChI is InChI=1S/C11H16N2O2S2/c1-9(11(12)16)17(14,15)13-8-7-10-5-3-2-4-6-10/h2-6,9,13H,7-8H2,1H3,(H2,12,16). The molecule has 0 amide bonds. The lowest BCUT2D eigenvalue weighted by Gasteiger charge is -2.12. The molecule has 3 N–H and O–H groups in total. The smallest absolute Gasteiger partial charge is 0.220 e. The van der Waals surface area contributed by atoms with E-state index in [1.807, 2.05) is 30.3 Å². The van der Waals surface area contributed by atoms with Crippen molar-refractivity contribution in [1.82, 2.24) is 4.72 Å². The van der Waals surface area contributed by atoms with Crippen LogP contribution in [0.2, 0.25) is 0 Å². The highest BCUT2D eigenvalue weighted by Crippen LogP contribution is 2.01. The number of hydrogen-bond donors (Lipinski definition) is 2. The maximum Gasteiger partial charge on any atom is 0.220 e. The predicted molar refractivity (Wildman–Crippen MR) is 73.3 cm³/mol. The number of rotatable bonds is 6. The van der Waals surface area contributed by atoms with Crippen molar-refractivity contribution in [1.29, 1.82) is 0 Å². The molecule has 0 saturated heterocycles. The maximum absolute atomic E-state index is 11.7. The van der Waals surface area contributed by atoms with Gasteiger partial charge in [-0.05, 0) is 18.9 Å². The molecule has 0 bridgehead atoms. The van der Waals surface area contributed by atoms with Crippen LogP contribution >= 0.6 is 12.2 Å². The van der Waals surface area contributed by atoms with Gasteiger partial charge in [-0.25, -0.2) is 13.1 Å². The fraction of sp³-hybridized carbons (Fsp3) is 0.364. The first-order valence-corrected chi connectivity index (χ1v) is 7.20. The number of hydrogen-bond acceptors (Lipinski definition) is 3. The molecule has 0 aliphatic carbocycles. The molecule has 1 unspecified atom stereocenters. The van der Waals surface area contributed by atoms with E-state index >= 15 is 0 Å². The van der Waals surface area contributed by atoms with Crippen LogP contribution in [0.25, 0.3) is 0 Å². The van der Waals surface area contributed by atoms with Crippen molar-refractivity contribution in [3.8, 4) is 0 Å². The summed E-state index contributed by atoms with van der Waals surface area (Å²) in [5.41, 5.74) is 6.40. The summed E-state index contributed by atoms with van der Waals surface area (Å²) in [4.78, 5) is -0.0165.